The lowest BCUT2D eigenvalue weighted by Crippen LogP contribution is -2.25. The number of aromatic nitrogens is 3. The minimum Gasteiger partial charge on any atom is -0.350 e. The number of pyridine rings is 1. The van der Waals surface area contributed by atoms with Crippen molar-refractivity contribution >= 4 is 17.5 Å². The van der Waals surface area contributed by atoms with Gasteiger partial charge in [-0.05, 0) is 42.7 Å². The fourth-order valence-electron chi connectivity index (χ4n) is 3.73. The monoisotopic (exact) mass is 394 g/mol. The molecule has 28 heavy (non-hydrogen) atoms. The van der Waals surface area contributed by atoms with Crippen LogP contribution in [0.5, 0.6) is 0 Å². The number of benzene rings is 1. The van der Waals surface area contributed by atoms with Crippen LogP contribution in [0.15, 0.2) is 54.7 Å². The molecule has 6 heteroatoms. The van der Waals surface area contributed by atoms with Crippen molar-refractivity contribution in [2.24, 2.45) is 0 Å². The Balaban J connectivity index is 1.49. The largest absolute Gasteiger partial charge is 0.350 e. The SMILES string of the molecule is O=C(Cc1ccccc1Cl)NCc1cc(-c2ccccn2)n(C2CCCC2)n1. The quantitative estimate of drug-likeness (QED) is 0.666. The molecule has 5 nitrogen and oxygen atoms in total. The molecule has 2 heterocycles. The van der Waals surface area contributed by atoms with E-state index in [9.17, 15) is 4.79 Å². The topological polar surface area (TPSA) is 59.8 Å². The van der Waals surface area contributed by atoms with Crippen LogP contribution in [-0.4, -0.2) is 20.7 Å². The first-order valence-electron chi connectivity index (χ1n) is 9.70. The van der Waals surface area contributed by atoms with E-state index in [1.165, 1.54) is 12.8 Å². The van der Waals surface area contributed by atoms with Crippen LogP contribution in [0, 0.1) is 0 Å². The molecular weight excluding hydrogens is 372 g/mol. The van der Waals surface area contributed by atoms with E-state index in [4.69, 9.17) is 16.7 Å². The van der Waals surface area contributed by atoms with Gasteiger partial charge in [0.05, 0.1) is 36.1 Å². The molecule has 1 aliphatic carbocycles. The van der Waals surface area contributed by atoms with Crippen LogP contribution in [0.1, 0.15) is 43.0 Å². The highest BCUT2D eigenvalue weighted by Gasteiger charge is 2.22. The van der Waals surface area contributed by atoms with E-state index in [1.54, 1.807) is 12.3 Å². The van der Waals surface area contributed by atoms with E-state index in [0.717, 1.165) is 35.5 Å². The summed E-state index contributed by atoms with van der Waals surface area (Å²) >= 11 is 6.15. The zero-order valence-electron chi connectivity index (χ0n) is 15.6. The van der Waals surface area contributed by atoms with E-state index < -0.39 is 0 Å². The summed E-state index contributed by atoms with van der Waals surface area (Å²) in [7, 11) is 0. The molecule has 0 radical (unpaired) electrons. The molecule has 1 amide bonds. The van der Waals surface area contributed by atoms with Gasteiger partial charge in [-0.2, -0.15) is 5.10 Å². The van der Waals surface area contributed by atoms with Gasteiger partial charge in [0.1, 0.15) is 0 Å². The molecule has 1 aromatic carbocycles. The fraction of sp³-hybridized carbons (Fsp3) is 0.318. The maximum atomic E-state index is 12.3. The van der Waals surface area contributed by atoms with Gasteiger partial charge in [-0.1, -0.05) is 48.7 Å². The van der Waals surface area contributed by atoms with Crippen molar-refractivity contribution in [2.45, 2.75) is 44.7 Å². The molecule has 0 unspecified atom stereocenters. The Morgan fingerprint density at radius 3 is 2.68 bits per heavy atom. The molecule has 1 N–H and O–H groups in total. The van der Waals surface area contributed by atoms with E-state index >= 15 is 0 Å². The number of hydrogen-bond acceptors (Lipinski definition) is 3. The average Bonchev–Trinajstić information content (AvgIpc) is 3.38. The summed E-state index contributed by atoms with van der Waals surface area (Å²) < 4.78 is 2.10. The Bertz CT molecular complexity index is 948. The molecule has 1 saturated carbocycles. The van der Waals surface area contributed by atoms with E-state index in [1.807, 2.05) is 42.5 Å². The first kappa shape index (κ1) is 18.7. The number of nitrogens with zero attached hydrogens (tertiary/aromatic N) is 3. The Labute approximate surface area is 169 Å². The van der Waals surface area contributed by atoms with Gasteiger partial charge in [-0.15, -0.1) is 0 Å². The van der Waals surface area contributed by atoms with Crippen molar-refractivity contribution in [3.05, 3.63) is 71.0 Å². The summed E-state index contributed by atoms with van der Waals surface area (Å²) in [6, 6.07) is 15.8. The van der Waals surface area contributed by atoms with E-state index in [2.05, 4.69) is 15.0 Å². The molecule has 1 aliphatic rings. The Morgan fingerprint density at radius 1 is 1.14 bits per heavy atom. The molecule has 0 spiro atoms. The highest BCUT2D eigenvalue weighted by atomic mass is 35.5. The molecule has 0 atom stereocenters. The molecule has 0 saturated heterocycles. The van der Waals surface area contributed by atoms with Crippen LogP contribution < -0.4 is 5.32 Å². The lowest BCUT2D eigenvalue weighted by atomic mass is 10.1. The summed E-state index contributed by atoms with van der Waals surface area (Å²) in [6.07, 6.45) is 6.80. The van der Waals surface area contributed by atoms with Gasteiger partial charge in [-0.25, -0.2) is 0 Å². The van der Waals surface area contributed by atoms with Crippen LogP contribution in [0.25, 0.3) is 11.4 Å². The van der Waals surface area contributed by atoms with Crippen molar-refractivity contribution in [2.75, 3.05) is 0 Å². The minimum atomic E-state index is -0.0668. The van der Waals surface area contributed by atoms with Gasteiger partial charge < -0.3 is 5.32 Å². The summed E-state index contributed by atoms with van der Waals surface area (Å²) in [4.78, 5) is 16.8. The maximum absolute atomic E-state index is 12.3. The summed E-state index contributed by atoms with van der Waals surface area (Å²) in [5.41, 5.74) is 3.60. The predicted molar refractivity (Wildman–Crippen MR) is 110 cm³/mol. The maximum Gasteiger partial charge on any atom is 0.224 e. The van der Waals surface area contributed by atoms with Crippen molar-refractivity contribution in [1.82, 2.24) is 20.1 Å². The summed E-state index contributed by atoms with van der Waals surface area (Å²) in [5.74, 6) is -0.0668. The number of carbonyl (C=O) groups excluding carboxylic acids is 1. The minimum absolute atomic E-state index is 0.0668. The smallest absolute Gasteiger partial charge is 0.224 e. The number of amides is 1. The van der Waals surface area contributed by atoms with Gasteiger partial charge in [0.2, 0.25) is 5.91 Å². The van der Waals surface area contributed by atoms with Gasteiger partial charge in [0, 0.05) is 11.2 Å². The Kier molecular flexibility index (Phi) is 5.72. The van der Waals surface area contributed by atoms with Gasteiger partial charge in [0.15, 0.2) is 0 Å². The lowest BCUT2D eigenvalue weighted by Gasteiger charge is -2.13. The van der Waals surface area contributed by atoms with Crippen LogP contribution in [0.4, 0.5) is 0 Å². The first-order valence-corrected chi connectivity index (χ1v) is 10.1. The third kappa shape index (κ3) is 4.25. The highest BCUT2D eigenvalue weighted by molar-refractivity contribution is 6.31. The third-order valence-corrected chi connectivity index (χ3v) is 5.53. The average molecular weight is 395 g/mol. The predicted octanol–water partition coefficient (Wildman–Crippen LogP) is 4.57. The standard InChI is InChI=1S/C22H23ClN4O/c23-19-10-4-1-7-16(19)13-22(28)25-15-17-14-21(20-11-5-6-12-24-20)27(26-17)18-8-2-3-9-18/h1,4-7,10-12,14,18H,2-3,8-9,13,15H2,(H,25,28). The number of carbonyl (C=O) groups is 1. The van der Waals surface area contributed by atoms with Crippen LogP contribution >= 0.6 is 11.6 Å². The normalized spacial score (nSPS) is 14.3. The number of hydrogen-bond donors (Lipinski definition) is 1. The van der Waals surface area contributed by atoms with Gasteiger partial charge >= 0.3 is 0 Å². The second kappa shape index (κ2) is 8.57. The van der Waals surface area contributed by atoms with E-state index in [-0.39, 0.29) is 12.3 Å². The molecule has 2 aromatic heterocycles. The molecular formula is C22H23ClN4O. The molecule has 4 rings (SSSR count). The van der Waals surface area contributed by atoms with Crippen LogP contribution in [-0.2, 0) is 17.8 Å². The summed E-state index contributed by atoms with van der Waals surface area (Å²) in [6.45, 7) is 0.392. The van der Waals surface area contributed by atoms with Crippen LogP contribution in [0.3, 0.4) is 0 Å². The number of halogens is 1. The Morgan fingerprint density at radius 2 is 1.93 bits per heavy atom. The van der Waals surface area contributed by atoms with Crippen molar-refractivity contribution in [3.8, 4) is 11.4 Å². The molecule has 1 fully saturated rings. The van der Waals surface area contributed by atoms with Crippen LogP contribution in [0.2, 0.25) is 5.02 Å². The zero-order valence-corrected chi connectivity index (χ0v) is 16.4. The lowest BCUT2D eigenvalue weighted by molar-refractivity contribution is -0.120. The van der Waals surface area contributed by atoms with E-state index in [0.29, 0.717) is 17.6 Å². The molecule has 3 aromatic rings. The second-order valence-corrected chi connectivity index (χ2v) is 7.57. The molecule has 144 valence electrons. The van der Waals surface area contributed by atoms with Gasteiger partial charge in [-0.3, -0.25) is 14.5 Å². The number of rotatable bonds is 6. The molecule has 0 bridgehead atoms. The van der Waals surface area contributed by atoms with Crippen molar-refractivity contribution in [1.29, 1.82) is 0 Å². The van der Waals surface area contributed by atoms with Gasteiger partial charge in [0.25, 0.3) is 0 Å². The summed E-state index contributed by atoms with van der Waals surface area (Å²) in [5, 5.41) is 8.38. The van der Waals surface area contributed by atoms with Crippen molar-refractivity contribution in [3.63, 3.8) is 0 Å². The third-order valence-electron chi connectivity index (χ3n) is 5.16. The fourth-order valence-corrected chi connectivity index (χ4v) is 3.93. The molecule has 0 aliphatic heterocycles. The second-order valence-electron chi connectivity index (χ2n) is 7.16. The highest BCUT2D eigenvalue weighted by Crippen LogP contribution is 2.33. The number of nitrogens with one attached hydrogen (secondary N) is 1. The zero-order chi connectivity index (χ0) is 19.3. The van der Waals surface area contributed by atoms with Crippen molar-refractivity contribution < 1.29 is 4.79 Å². The Hall–Kier alpha value is -2.66. The first-order chi connectivity index (χ1) is 13.7.